The van der Waals surface area contributed by atoms with Crippen LogP contribution in [0.2, 0.25) is 0 Å². The lowest BCUT2D eigenvalue weighted by Gasteiger charge is -2.21. The Kier molecular flexibility index (Phi) is 6.41. The molecular formula is C15H23BrN4S. The number of hydrogen-bond acceptors (Lipinski definition) is 4. The van der Waals surface area contributed by atoms with Gasteiger partial charge in [0.25, 0.3) is 0 Å². The molecule has 0 amide bonds. The van der Waals surface area contributed by atoms with E-state index in [0.29, 0.717) is 0 Å². The smallest absolute Gasteiger partial charge is 0.0699 e. The van der Waals surface area contributed by atoms with Gasteiger partial charge in [0.2, 0.25) is 0 Å². The number of nitrogens with zero attached hydrogens (tertiary/aromatic N) is 3. The summed E-state index contributed by atoms with van der Waals surface area (Å²) in [7, 11) is 4.18. The Morgan fingerprint density at radius 2 is 2.29 bits per heavy atom. The van der Waals surface area contributed by atoms with E-state index in [4.69, 9.17) is 0 Å². The van der Waals surface area contributed by atoms with Gasteiger partial charge in [0.05, 0.1) is 29.0 Å². The minimum Gasteiger partial charge on any atom is -0.309 e. The second-order valence-corrected chi connectivity index (χ2v) is 6.98. The fourth-order valence-corrected chi connectivity index (χ4v) is 3.60. The molecule has 0 aliphatic heterocycles. The summed E-state index contributed by atoms with van der Waals surface area (Å²) in [6, 6.07) is 2.48. The lowest BCUT2D eigenvalue weighted by atomic mass is 10.1. The first-order valence-electron chi connectivity index (χ1n) is 7.22. The zero-order valence-corrected chi connectivity index (χ0v) is 15.2. The van der Waals surface area contributed by atoms with Crippen molar-refractivity contribution in [1.82, 2.24) is 20.0 Å². The van der Waals surface area contributed by atoms with Gasteiger partial charge >= 0.3 is 0 Å². The predicted molar refractivity (Wildman–Crippen MR) is 92.9 cm³/mol. The summed E-state index contributed by atoms with van der Waals surface area (Å²) >= 11 is 5.42. The van der Waals surface area contributed by atoms with Crippen molar-refractivity contribution in [3.63, 3.8) is 0 Å². The maximum Gasteiger partial charge on any atom is 0.0699 e. The van der Waals surface area contributed by atoms with E-state index in [0.717, 1.165) is 30.5 Å². The lowest BCUT2D eigenvalue weighted by Crippen LogP contribution is -2.28. The third-order valence-corrected chi connectivity index (χ3v) is 4.74. The Bertz CT molecular complexity index is 536. The topological polar surface area (TPSA) is 33.1 Å². The standard InChI is InChI=1S/C15H23BrN4S/c1-4-17-14(9-12-5-8-21-11-12)15-13(16)10-18-20(15)7-6-19(2)3/h5,8,10-11,14,17H,4,6-7,9H2,1-3H3. The molecule has 2 rings (SSSR count). The van der Waals surface area contributed by atoms with Crippen LogP contribution in [0.1, 0.15) is 24.2 Å². The molecule has 116 valence electrons. The quantitative estimate of drug-likeness (QED) is 0.774. The minimum atomic E-state index is 0.281. The summed E-state index contributed by atoms with van der Waals surface area (Å²) in [4.78, 5) is 2.18. The monoisotopic (exact) mass is 370 g/mol. The predicted octanol–water partition coefficient (Wildman–Crippen LogP) is 3.16. The van der Waals surface area contributed by atoms with Crippen LogP contribution in [0.25, 0.3) is 0 Å². The summed E-state index contributed by atoms with van der Waals surface area (Å²) in [5.41, 5.74) is 2.61. The first-order chi connectivity index (χ1) is 10.1. The Morgan fingerprint density at radius 3 is 2.90 bits per heavy atom. The van der Waals surface area contributed by atoms with Gasteiger partial charge in [0.15, 0.2) is 0 Å². The largest absolute Gasteiger partial charge is 0.309 e. The number of likely N-dealkylation sites (N-methyl/N-ethyl adjacent to an activating group) is 2. The molecule has 2 aromatic heterocycles. The normalized spacial score (nSPS) is 13.0. The first-order valence-corrected chi connectivity index (χ1v) is 8.95. The van der Waals surface area contributed by atoms with E-state index in [1.807, 2.05) is 6.20 Å². The molecule has 0 radical (unpaired) electrons. The van der Waals surface area contributed by atoms with Gasteiger partial charge in [0, 0.05) is 6.54 Å². The number of hydrogen-bond donors (Lipinski definition) is 1. The van der Waals surface area contributed by atoms with Crippen LogP contribution in [0.4, 0.5) is 0 Å². The average Bonchev–Trinajstić information content (AvgIpc) is 3.05. The Hall–Kier alpha value is -0.690. The number of nitrogens with one attached hydrogen (secondary N) is 1. The molecule has 0 fully saturated rings. The van der Waals surface area contributed by atoms with E-state index < -0.39 is 0 Å². The molecule has 2 aromatic rings. The van der Waals surface area contributed by atoms with Crippen molar-refractivity contribution in [3.05, 3.63) is 38.8 Å². The molecule has 0 saturated carbocycles. The molecule has 1 atom stereocenters. The highest BCUT2D eigenvalue weighted by molar-refractivity contribution is 9.10. The van der Waals surface area contributed by atoms with Crippen molar-refractivity contribution in [2.75, 3.05) is 27.2 Å². The van der Waals surface area contributed by atoms with Crippen LogP contribution in [0, 0.1) is 0 Å². The van der Waals surface area contributed by atoms with E-state index in [1.165, 1.54) is 11.3 Å². The van der Waals surface area contributed by atoms with E-state index in [1.54, 1.807) is 11.3 Å². The maximum absolute atomic E-state index is 4.53. The van der Waals surface area contributed by atoms with Crippen molar-refractivity contribution >= 4 is 27.3 Å². The molecule has 4 nitrogen and oxygen atoms in total. The van der Waals surface area contributed by atoms with Crippen LogP contribution in [-0.4, -0.2) is 41.9 Å². The van der Waals surface area contributed by atoms with Gasteiger partial charge in [-0.2, -0.15) is 16.4 Å². The van der Waals surface area contributed by atoms with Crippen molar-refractivity contribution in [1.29, 1.82) is 0 Å². The molecule has 0 spiro atoms. The number of halogens is 1. The molecule has 1 unspecified atom stereocenters. The van der Waals surface area contributed by atoms with Crippen LogP contribution < -0.4 is 5.32 Å². The fourth-order valence-electron chi connectivity index (χ4n) is 2.35. The SMILES string of the molecule is CCNC(Cc1ccsc1)c1c(Br)cnn1CCN(C)C. The van der Waals surface area contributed by atoms with Crippen molar-refractivity contribution in [2.24, 2.45) is 0 Å². The first kappa shape index (κ1) is 16.7. The number of aromatic nitrogens is 2. The molecule has 0 aliphatic carbocycles. The third-order valence-electron chi connectivity index (χ3n) is 3.39. The highest BCUT2D eigenvalue weighted by Gasteiger charge is 2.20. The summed E-state index contributed by atoms with van der Waals surface area (Å²) in [5, 5.41) is 12.5. The summed E-state index contributed by atoms with van der Waals surface area (Å²) in [6.07, 6.45) is 2.90. The lowest BCUT2D eigenvalue weighted by molar-refractivity contribution is 0.362. The van der Waals surface area contributed by atoms with Crippen molar-refractivity contribution in [2.45, 2.75) is 25.9 Å². The number of thiophene rings is 1. The molecule has 1 N–H and O–H groups in total. The number of rotatable bonds is 8. The molecular weight excluding hydrogens is 348 g/mol. The van der Waals surface area contributed by atoms with E-state index in [2.05, 4.69) is 73.8 Å². The summed E-state index contributed by atoms with van der Waals surface area (Å²) < 4.78 is 3.20. The third kappa shape index (κ3) is 4.64. The Labute approximate surface area is 139 Å². The Balaban J connectivity index is 2.20. The van der Waals surface area contributed by atoms with Gasteiger partial charge in [0.1, 0.15) is 0 Å². The summed E-state index contributed by atoms with van der Waals surface area (Å²) in [6.45, 7) is 4.98. The second kappa shape index (κ2) is 8.08. The van der Waals surface area contributed by atoms with Crippen LogP contribution in [0.5, 0.6) is 0 Å². The molecule has 2 heterocycles. The molecule has 0 aromatic carbocycles. The zero-order chi connectivity index (χ0) is 15.2. The van der Waals surface area contributed by atoms with Gasteiger partial charge in [-0.25, -0.2) is 0 Å². The fraction of sp³-hybridized carbons (Fsp3) is 0.533. The van der Waals surface area contributed by atoms with Gasteiger partial charge < -0.3 is 10.2 Å². The highest BCUT2D eigenvalue weighted by atomic mass is 79.9. The minimum absolute atomic E-state index is 0.281. The van der Waals surface area contributed by atoms with Crippen LogP contribution >= 0.6 is 27.3 Å². The van der Waals surface area contributed by atoms with Gasteiger partial charge in [-0.05, 0) is 65.4 Å². The molecule has 21 heavy (non-hydrogen) atoms. The molecule has 0 bridgehead atoms. The average molecular weight is 371 g/mol. The molecule has 0 aliphatic rings. The van der Waals surface area contributed by atoms with Crippen LogP contribution in [-0.2, 0) is 13.0 Å². The van der Waals surface area contributed by atoms with E-state index in [-0.39, 0.29) is 6.04 Å². The van der Waals surface area contributed by atoms with Gasteiger partial charge in [-0.3, -0.25) is 4.68 Å². The van der Waals surface area contributed by atoms with E-state index >= 15 is 0 Å². The summed E-state index contributed by atoms with van der Waals surface area (Å²) in [5.74, 6) is 0. The van der Waals surface area contributed by atoms with Crippen LogP contribution in [0.3, 0.4) is 0 Å². The van der Waals surface area contributed by atoms with Crippen molar-refractivity contribution < 1.29 is 0 Å². The molecule has 0 saturated heterocycles. The van der Waals surface area contributed by atoms with Crippen molar-refractivity contribution in [3.8, 4) is 0 Å². The van der Waals surface area contributed by atoms with Crippen LogP contribution in [0.15, 0.2) is 27.5 Å². The van der Waals surface area contributed by atoms with E-state index in [9.17, 15) is 0 Å². The maximum atomic E-state index is 4.53. The molecule has 6 heteroatoms. The second-order valence-electron chi connectivity index (χ2n) is 5.35. The highest BCUT2D eigenvalue weighted by Crippen LogP contribution is 2.27. The Morgan fingerprint density at radius 1 is 1.48 bits per heavy atom. The van der Waals surface area contributed by atoms with Gasteiger partial charge in [-0.15, -0.1) is 0 Å². The zero-order valence-electron chi connectivity index (χ0n) is 12.8. The van der Waals surface area contributed by atoms with Gasteiger partial charge in [-0.1, -0.05) is 6.92 Å².